The minimum atomic E-state index is 0. The molecular formula is C15H19N2Re-. The van der Waals surface area contributed by atoms with E-state index in [1.54, 1.807) is 0 Å². The number of hydrogen-bond acceptors (Lipinski definition) is 1. The van der Waals surface area contributed by atoms with Crippen LogP contribution in [0.2, 0.25) is 0 Å². The van der Waals surface area contributed by atoms with E-state index in [0.29, 0.717) is 0 Å². The first kappa shape index (κ1) is 13.8. The predicted octanol–water partition coefficient (Wildman–Crippen LogP) is 2.87. The first-order valence-electron chi connectivity index (χ1n) is 6.55. The van der Waals surface area contributed by atoms with Crippen LogP contribution in [0, 0.1) is 6.92 Å². The maximum atomic E-state index is 4.80. The normalized spacial score (nSPS) is 15.4. The molecule has 0 atom stereocenters. The maximum Gasteiger partial charge on any atom is 0.00331 e. The third-order valence-electron chi connectivity index (χ3n) is 3.67. The van der Waals surface area contributed by atoms with Crippen molar-refractivity contribution in [3.63, 3.8) is 0 Å². The third-order valence-corrected chi connectivity index (χ3v) is 3.67. The summed E-state index contributed by atoms with van der Waals surface area (Å²) in [5, 5.41) is 1.38. The van der Waals surface area contributed by atoms with E-state index in [0.717, 1.165) is 13.0 Å². The Bertz CT molecular complexity index is 545. The standard InChI is InChI=1S/C15H19N2.Re/c1-3-7-17-8-6-13-12-5-4-11(2)9-14(12)16-15(13)10-17;/h4-5,9H,3,6-8,10H2,1-2H3;/q-1;. The molecule has 1 aromatic heterocycles. The van der Waals surface area contributed by atoms with Gasteiger partial charge in [-0.2, -0.15) is 0 Å². The first-order chi connectivity index (χ1) is 8.28. The zero-order chi connectivity index (χ0) is 11.8. The van der Waals surface area contributed by atoms with Crippen LogP contribution in [0.5, 0.6) is 0 Å². The van der Waals surface area contributed by atoms with Gasteiger partial charge in [0, 0.05) is 33.5 Å². The van der Waals surface area contributed by atoms with Gasteiger partial charge >= 0.3 is 0 Å². The van der Waals surface area contributed by atoms with Gasteiger partial charge in [-0.15, -0.1) is 11.2 Å². The number of fused-ring (bicyclic) bond motifs is 3. The molecule has 2 heterocycles. The quantitative estimate of drug-likeness (QED) is 0.753. The van der Waals surface area contributed by atoms with Crippen LogP contribution in [-0.2, 0) is 33.4 Å². The molecule has 0 unspecified atom stereocenters. The van der Waals surface area contributed by atoms with Gasteiger partial charge in [0.1, 0.15) is 0 Å². The fraction of sp³-hybridized carbons (Fsp3) is 0.467. The molecule has 1 radical (unpaired) electrons. The summed E-state index contributed by atoms with van der Waals surface area (Å²) in [5.74, 6) is 0. The van der Waals surface area contributed by atoms with E-state index in [9.17, 15) is 0 Å². The smallest absolute Gasteiger partial charge is 0.00331 e. The molecule has 0 N–H and O–H groups in total. The van der Waals surface area contributed by atoms with Crippen molar-refractivity contribution >= 4 is 10.9 Å². The van der Waals surface area contributed by atoms with E-state index in [2.05, 4.69) is 36.9 Å². The maximum absolute atomic E-state index is 4.80. The number of aryl methyl sites for hydroxylation is 1. The van der Waals surface area contributed by atoms with Gasteiger partial charge in [0.05, 0.1) is 0 Å². The van der Waals surface area contributed by atoms with Crippen molar-refractivity contribution in [1.82, 2.24) is 9.88 Å². The Labute approximate surface area is 122 Å². The molecular weight excluding hydrogens is 394 g/mol. The average molecular weight is 414 g/mol. The second kappa shape index (κ2) is 5.57. The van der Waals surface area contributed by atoms with Gasteiger partial charge in [-0.25, -0.2) is 0 Å². The Balaban J connectivity index is 0.00000120. The summed E-state index contributed by atoms with van der Waals surface area (Å²) in [7, 11) is 0. The Morgan fingerprint density at radius 3 is 2.94 bits per heavy atom. The van der Waals surface area contributed by atoms with E-state index in [-0.39, 0.29) is 20.4 Å². The van der Waals surface area contributed by atoms with Crippen LogP contribution in [0.25, 0.3) is 10.9 Å². The van der Waals surface area contributed by atoms with Crippen molar-refractivity contribution in [2.75, 3.05) is 13.1 Å². The van der Waals surface area contributed by atoms with E-state index in [1.807, 2.05) is 0 Å². The second-order valence-electron chi connectivity index (χ2n) is 5.08. The van der Waals surface area contributed by atoms with E-state index < -0.39 is 0 Å². The van der Waals surface area contributed by atoms with Crippen molar-refractivity contribution in [3.8, 4) is 0 Å². The van der Waals surface area contributed by atoms with Crippen LogP contribution in [0.4, 0.5) is 0 Å². The van der Waals surface area contributed by atoms with Gasteiger partial charge in [-0.05, 0) is 31.7 Å². The molecule has 2 aromatic rings. The van der Waals surface area contributed by atoms with E-state index in [4.69, 9.17) is 4.98 Å². The molecule has 1 aliphatic rings. The fourth-order valence-electron chi connectivity index (χ4n) is 2.84. The summed E-state index contributed by atoms with van der Waals surface area (Å²) in [6, 6.07) is 6.65. The van der Waals surface area contributed by atoms with Crippen LogP contribution in [0.15, 0.2) is 18.2 Å². The molecule has 18 heavy (non-hydrogen) atoms. The third kappa shape index (κ3) is 2.40. The van der Waals surface area contributed by atoms with E-state index in [1.165, 1.54) is 47.2 Å². The minimum Gasteiger partial charge on any atom is -0.660 e. The summed E-state index contributed by atoms with van der Waals surface area (Å²) < 4.78 is 0. The molecule has 0 saturated carbocycles. The van der Waals surface area contributed by atoms with Crippen LogP contribution in [0.1, 0.15) is 30.2 Å². The number of benzene rings is 1. The summed E-state index contributed by atoms with van der Waals surface area (Å²) >= 11 is 0. The van der Waals surface area contributed by atoms with Crippen LogP contribution < -0.4 is 4.98 Å². The molecule has 97 valence electrons. The Hall–Kier alpha value is -0.618. The molecule has 0 spiro atoms. The Morgan fingerprint density at radius 1 is 1.33 bits per heavy atom. The molecule has 3 heteroatoms. The van der Waals surface area contributed by atoms with Gasteiger partial charge in [0.2, 0.25) is 0 Å². The van der Waals surface area contributed by atoms with Gasteiger partial charge in [0.25, 0.3) is 0 Å². The average Bonchev–Trinajstić information content (AvgIpc) is 2.65. The van der Waals surface area contributed by atoms with E-state index >= 15 is 0 Å². The molecule has 0 saturated heterocycles. The van der Waals surface area contributed by atoms with Crippen LogP contribution >= 0.6 is 0 Å². The largest absolute Gasteiger partial charge is 0.660 e. The van der Waals surface area contributed by atoms with Crippen molar-refractivity contribution in [1.29, 1.82) is 0 Å². The van der Waals surface area contributed by atoms with Crippen molar-refractivity contribution < 1.29 is 20.4 Å². The Kier molecular flexibility index (Phi) is 4.27. The number of nitrogens with zero attached hydrogens (tertiary/aromatic N) is 2. The summed E-state index contributed by atoms with van der Waals surface area (Å²) in [5.41, 5.74) is 5.30. The zero-order valence-electron chi connectivity index (χ0n) is 11.0. The zero-order valence-corrected chi connectivity index (χ0v) is 13.8. The molecule has 2 nitrogen and oxygen atoms in total. The summed E-state index contributed by atoms with van der Waals surface area (Å²) in [4.78, 5) is 7.32. The SMILES string of the molecule is CCCN1CCc2c([n-]c3cc(C)ccc23)C1.[Re]. The van der Waals surface area contributed by atoms with Gasteiger partial charge in [-0.3, -0.25) is 0 Å². The van der Waals surface area contributed by atoms with Gasteiger partial charge in [0.15, 0.2) is 0 Å². The fourth-order valence-corrected chi connectivity index (χ4v) is 2.84. The van der Waals surface area contributed by atoms with Gasteiger partial charge in [-0.1, -0.05) is 36.2 Å². The molecule has 3 rings (SSSR count). The number of hydrogen-bond donors (Lipinski definition) is 0. The molecule has 0 fully saturated rings. The predicted molar refractivity (Wildman–Crippen MR) is 71.3 cm³/mol. The molecule has 0 bridgehead atoms. The van der Waals surface area contributed by atoms with Crippen LogP contribution in [0.3, 0.4) is 0 Å². The van der Waals surface area contributed by atoms with Gasteiger partial charge < -0.3 is 9.88 Å². The van der Waals surface area contributed by atoms with Crippen molar-refractivity contribution in [3.05, 3.63) is 35.0 Å². The summed E-state index contributed by atoms with van der Waals surface area (Å²) in [6.45, 7) is 7.80. The molecule has 0 aliphatic carbocycles. The second-order valence-corrected chi connectivity index (χ2v) is 5.08. The van der Waals surface area contributed by atoms with Crippen molar-refractivity contribution in [2.45, 2.75) is 33.2 Å². The minimum absolute atomic E-state index is 0. The number of aromatic nitrogens is 1. The Morgan fingerprint density at radius 2 is 2.17 bits per heavy atom. The first-order valence-corrected chi connectivity index (χ1v) is 6.55. The topological polar surface area (TPSA) is 17.3 Å². The monoisotopic (exact) mass is 414 g/mol. The van der Waals surface area contributed by atoms with Crippen molar-refractivity contribution in [2.24, 2.45) is 0 Å². The number of rotatable bonds is 2. The van der Waals surface area contributed by atoms with Crippen LogP contribution in [-0.4, -0.2) is 18.0 Å². The molecule has 1 aliphatic heterocycles. The molecule has 0 amide bonds. The summed E-state index contributed by atoms with van der Waals surface area (Å²) in [6.07, 6.45) is 2.39. The molecule has 1 aromatic carbocycles.